The minimum Gasteiger partial charge on any atom is -0.351 e. The molecule has 18 heavy (non-hydrogen) atoms. The van der Waals surface area contributed by atoms with Crippen molar-refractivity contribution < 1.29 is 13.2 Å². The maximum atomic E-state index is 11.8. The van der Waals surface area contributed by atoms with Crippen molar-refractivity contribution in [2.24, 2.45) is 5.73 Å². The Bertz CT molecular complexity index is 499. The first-order valence-corrected chi connectivity index (χ1v) is 7.64. The third kappa shape index (κ3) is 4.85. The van der Waals surface area contributed by atoms with Crippen LogP contribution in [-0.2, 0) is 14.6 Å². The van der Waals surface area contributed by atoms with Crippen molar-refractivity contribution in [3.05, 3.63) is 35.9 Å². The van der Waals surface area contributed by atoms with Crippen molar-refractivity contribution >= 4 is 15.7 Å². The predicted molar refractivity (Wildman–Crippen MR) is 70.7 cm³/mol. The van der Waals surface area contributed by atoms with Crippen LogP contribution in [0.5, 0.6) is 0 Å². The van der Waals surface area contributed by atoms with Crippen LogP contribution >= 0.6 is 0 Å². The summed E-state index contributed by atoms with van der Waals surface area (Å²) in [7, 11) is -3.11. The highest BCUT2D eigenvalue weighted by Crippen LogP contribution is 2.09. The molecule has 0 aromatic heterocycles. The normalized spacial score (nSPS) is 14.8. The Labute approximate surface area is 107 Å². The number of hydrogen-bond donors (Lipinski definition) is 2. The molecule has 0 bridgehead atoms. The van der Waals surface area contributed by atoms with E-state index in [0.717, 1.165) is 6.26 Å². The SMILES string of the molecule is CC(CS(C)(=O)=O)NC(=O)[C@H](N)c1ccccc1. The van der Waals surface area contributed by atoms with E-state index in [1.54, 1.807) is 31.2 Å². The molecule has 5 nitrogen and oxygen atoms in total. The molecule has 0 fully saturated rings. The summed E-state index contributed by atoms with van der Waals surface area (Å²) < 4.78 is 22.2. The molecule has 0 spiro atoms. The number of sulfone groups is 1. The number of amides is 1. The molecule has 1 amide bonds. The zero-order valence-corrected chi connectivity index (χ0v) is 11.3. The molecule has 0 saturated heterocycles. The van der Waals surface area contributed by atoms with Gasteiger partial charge in [-0.25, -0.2) is 8.42 Å². The minimum absolute atomic E-state index is 0.0970. The van der Waals surface area contributed by atoms with Gasteiger partial charge in [0.25, 0.3) is 0 Å². The predicted octanol–water partition coefficient (Wildman–Crippen LogP) is 0.236. The van der Waals surface area contributed by atoms with Gasteiger partial charge in [-0.1, -0.05) is 30.3 Å². The van der Waals surface area contributed by atoms with Crippen molar-refractivity contribution in [2.45, 2.75) is 19.0 Å². The molecule has 0 aliphatic heterocycles. The molecule has 1 unspecified atom stereocenters. The topological polar surface area (TPSA) is 89.3 Å². The van der Waals surface area contributed by atoms with Gasteiger partial charge in [-0.05, 0) is 12.5 Å². The third-order valence-corrected chi connectivity index (χ3v) is 3.49. The third-order valence-electron chi connectivity index (χ3n) is 2.38. The molecule has 0 aliphatic carbocycles. The van der Waals surface area contributed by atoms with Crippen molar-refractivity contribution in [3.63, 3.8) is 0 Å². The summed E-state index contributed by atoms with van der Waals surface area (Å²) in [6, 6.07) is 7.69. The summed E-state index contributed by atoms with van der Waals surface area (Å²) in [6.45, 7) is 1.64. The second-order valence-corrected chi connectivity index (χ2v) is 6.58. The maximum Gasteiger partial charge on any atom is 0.241 e. The summed E-state index contributed by atoms with van der Waals surface area (Å²) >= 11 is 0. The van der Waals surface area contributed by atoms with Crippen molar-refractivity contribution in [1.82, 2.24) is 5.32 Å². The highest BCUT2D eigenvalue weighted by atomic mass is 32.2. The van der Waals surface area contributed by atoms with Crippen LogP contribution in [0.2, 0.25) is 0 Å². The molecule has 3 N–H and O–H groups in total. The number of hydrogen-bond acceptors (Lipinski definition) is 4. The van der Waals surface area contributed by atoms with E-state index in [4.69, 9.17) is 5.73 Å². The van der Waals surface area contributed by atoms with Crippen LogP contribution in [0.1, 0.15) is 18.5 Å². The quantitative estimate of drug-likeness (QED) is 0.802. The smallest absolute Gasteiger partial charge is 0.241 e. The van der Waals surface area contributed by atoms with Gasteiger partial charge >= 0.3 is 0 Å². The fourth-order valence-corrected chi connectivity index (χ4v) is 2.63. The van der Waals surface area contributed by atoms with Gasteiger partial charge in [0.05, 0.1) is 5.75 Å². The fraction of sp³-hybridized carbons (Fsp3) is 0.417. The van der Waals surface area contributed by atoms with Crippen LogP contribution in [0.15, 0.2) is 30.3 Å². The average molecular weight is 270 g/mol. The molecule has 0 radical (unpaired) electrons. The Balaban J connectivity index is 2.61. The van der Waals surface area contributed by atoms with E-state index in [9.17, 15) is 13.2 Å². The Kier molecular flexibility index (Phi) is 4.86. The van der Waals surface area contributed by atoms with Crippen LogP contribution < -0.4 is 11.1 Å². The monoisotopic (exact) mass is 270 g/mol. The zero-order chi connectivity index (χ0) is 13.8. The van der Waals surface area contributed by atoms with E-state index in [2.05, 4.69) is 5.32 Å². The molecule has 0 heterocycles. The van der Waals surface area contributed by atoms with Crippen LogP contribution in [0.4, 0.5) is 0 Å². The summed E-state index contributed by atoms with van der Waals surface area (Å²) in [5.41, 5.74) is 6.48. The molecule has 1 aromatic rings. The Hall–Kier alpha value is -1.40. The average Bonchev–Trinajstić information content (AvgIpc) is 2.26. The molecular formula is C12H18N2O3S. The zero-order valence-electron chi connectivity index (χ0n) is 10.5. The van der Waals surface area contributed by atoms with Crippen molar-refractivity contribution in [3.8, 4) is 0 Å². The van der Waals surface area contributed by atoms with Crippen LogP contribution in [-0.4, -0.2) is 32.4 Å². The molecule has 0 aliphatic rings. The van der Waals surface area contributed by atoms with Crippen LogP contribution in [0.25, 0.3) is 0 Å². The summed E-state index contributed by atoms with van der Waals surface area (Å²) in [5.74, 6) is -0.474. The Morgan fingerprint density at radius 2 is 1.89 bits per heavy atom. The van der Waals surface area contributed by atoms with Crippen molar-refractivity contribution in [2.75, 3.05) is 12.0 Å². The molecule has 0 saturated carbocycles. The lowest BCUT2D eigenvalue weighted by Crippen LogP contribution is -2.42. The first-order valence-electron chi connectivity index (χ1n) is 5.58. The van der Waals surface area contributed by atoms with Gasteiger partial charge < -0.3 is 11.1 Å². The molecule has 1 aromatic carbocycles. The van der Waals surface area contributed by atoms with Gasteiger partial charge in [0, 0.05) is 12.3 Å². The number of benzene rings is 1. The fourth-order valence-electron chi connectivity index (χ4n) is 1.64. The van der Waals surface area contributed by atoms with E-state index < -0.39 is 21.9 Å². The van der Waals surface area contributed by atoms with E-state index >= 15 is 0 Å². The lowest BCUT2D eigenvalue weighted by molar-refractivity contribution is -0.122. The maximum absolute atomic E-state index is 11.8. The van der Waals surface area contributed by atoms with Gasteiger partial charge in [-0.2, -0.15) is 0 Å². The van der Waals surface area contributed by atoms with Crippen LogP contribution in [0.3, 0.4) is 0 Å². The van der Waals surface area contributed by atoms with Gasteiger partial charge in [0.2, 0.25) is 5.91 Å². The summed E-state index contributed by atoms with van der Waals surface area (Å²) in [4.78, 5) is 11.8. The molecule has 6 heteroatoms. The second-order valence-electron chi connectivity index (χ2n) is 4.39. The van der Waals surface area contributed by atoms with Crippen LogP contribution in [0, 0.1) is 0 Å². The number of rotatable bonds is 5. The van der Waals surface area contributed by atoms with E-state index in [1.807, 2.05) is 6.07 Å². The number of carbonyl (C=O) groups is 1. The summed E-state index contributed by atoms with van der Waals surface area (Å²) in [6.07, 6.45) is 1.13. The standard InChI is InChI=1S/C12H18N2O3S/c1-9(8-18(2,16)17)14-12(15)11(13)10-6-4-3-5-7-10/h3-7,9,11H,8,13H2,1-2H3,(H,14,15)/t9?,11-/m1/s1. The van der Waals surface area contributed by atoms with Gasteiger partial charge in [0.15, 0.2) is 0 Å². The van der Waals surface area contributed by atoms with Crippen molar-refractivity contribution in [1.29, 1.82) is 0 Å². The van der Waals surface area contributed by atoms with E-state index in [1.165, 1.54) is 0 Å². The van der Waals surface area contributed by atoms with Gasteiger partial charge in [-0.15, -0.1) is 0 Å². The highest BCUT2D eigenvalue weighted by molar-refractivity contribution is 7.90. The first-order chi connectivity index (χ1) is 8.29. The highest BCUT2D eigenvalue weighted by Gasteiger charge is 2.19. The molecular weight excluding hydrogens is 252 g/mol. The Morgan fingerprint density at radius 1 is 1.33 bits per heavy atom. The minimum atomic E-state index is -3.11. The van der Waals surface area contributed by atoms with E-state index in [-0.39, 0.29) is 11.7 Å². The van der Waals surface area contributed by atoms with E-state index in [0.29, 0.717) is 5.56 Å². The lowest BCUT2D eigenvalue weighted by atomic mass is 10.1. The second kappa shape index (κ2) is 5.97. The Morgan fingerprint density at radius 3 is 2.39 bits per heavy atom. The molecule has 100 valence electrons. The number of nitrogens with two attached hydrogens (primary N) is 1. The van der Waals surface area contributed by atoms with Gasteiger partial charge in [-0.3, -0.25) is 4.79 Å². The number of nitrogens with one attached hydrogen (secondary N) is 1. The molecule has 2 atom stereocenters. The molecule has 1 rings (SSSR count). The first kappa shape index (κ1) is 14.7. The number of carbonyl (C=O) groups excluding carboxylic acids is 1. The largest absolute Gasteiger partial charge is 0.351 e. The van der Waals surface area contributed by atoms with Gasteiger partial charge in [0.1, 0.15) is 15.9 Å². The summed E-state index contributed by atoms with van der Waals surface area (Å²) in [5, 5.41) is 2.59. The lowest BCUT2D eigenvalue weighted by Gasteiger charge is -2.17.